The van der Waals surface area contributed by atoms with E-state index < -0.39 is 0 Å². The number of hydrogen-bond donors (Lipinski definition) is 2. The first-order valence-electron chi connectivity index (χ1n) is 7.29. The summed E-state index contributed by atoms with van der Waals surface area (Å²) in [4.78, 5) is 16.5. The Morgan fingerprint density at radius 1 is 1.27 bits per heavy atom. The van der Waals surface area contributed by atoms with E-state index in [-0.39, 0.29) is 5.91 Å². The van der Waals surface area contributed by atoms with Crippen molar-refractivity contribution in [3.63, 3.8) is 0 Å². The molecule has 4 nitrogen and oxygen atoms in total. The summed E-state index contributed by atoms with van der Waals surface area (Å²) >= 11 is 3.45. The third-order valence-electron chi connectivity index (χ3n) is 3.43. The van der Waals surface area contributed by atoms with Crippen molar-refractivity contribution in [1.29, 1.82) is 0 Å². The largest absolute Gasteiger partial charge is 0.382 e. The van der Waals surface area contributed by atoms with Crippen LogP contribution in [0.25, 0.3) is 0 Å². The lowest BCUT2D eigenvalue weighted by Gasteiger charge is -2.13. The number of aromatic nitrogens is 1. The van der Waals surface area contributed by atoms with Crippen LogP contribution in [0.1, 0.15) is 36.3 Å². The van der Waals surface area contributed by atoms with Crippen LogP contribution >= 0.6 is 15.9 Å². The molecule has 116 valence electrons. The van der Waals surface area contributed by atoms with Crippen molar-refractivity contribution in [2.24, 2.45) is 0 Å². The van der Waals surface area contributed by atoms with Crippen LogP contribution in [0.3, 0.4) is 0 Å². The maximum atomic E-state index is 12.3. The van der Waals surface area contributed by atoms with E-state index >= 15 is 0 Å². The zero-order valence-corrected chi connectivity index (χ0v) is 14.6. The van der Waals surface area contributed by atoms with Crippen molar-refractivity contribution in [3.8, 4) is 0 Å². The van der Waals surface area contributed by atoms with Gasteiger partial charge in [0.25, 0.3) is 5.91 Å². The molecule has 22 heavy (non-hydrogen) atoms. The number of halogens is 1. The van der Waals surface area contributed by atoms with Crippen molar-refractivity contribution in [1.82, 2.24) is 4.98 Å². The second-order valence-electron chi connectivity index (χ2n) is 5.30. The number of nitrogens with one attached hydrogen (secondary N) is 2. The maximum Gasteiger partial charge on any atom is 0.274 e. The third-order valence-corrected chi connectivity index (χ3v) is 4.32. The Labute approximate surface area is 139 Å². The molecule has 0 saturated heterocycles. The monoisotopic (exact) mass is 361 g/mol. The molecule has 0 fully saturated rings. The van der Waals surface area contributed by atoms with E-state index in [1.807, 2.05) is 31.2 Å². The van der Waals surface area contributed by atoms with Crippen LogP contribution in [-0.2, 0) is 0 Å². The zero-order valence-electron chi connectivity index (χ0n) is 13.0. The van der Waals surface area contributed by atoms with Crippen molar-refractivity contribution in [3.05, 3.63) is 52.3 Å². The molecule has 0 spiro atoms. The molecule has 0 aliphatic heterocycles. The predicted octanol–water partition coefficient (Wildman–Crippen LogP) is 4.62. The Morgan fingerprint density at radius 2 is 2.05 bits per heavy atom. The van der Waals surface area contributed by atoms with Gasteiger partial charge in [-0.2, -0.15) is 0 Å². The van der Waals surface area contributed by atoms with Crippen molar-refractivity contribution in [2.45, 2.75) is 33.2 Å². The highest BCUT2D eigenvalue weighted by Crippen LogP contribution is 2.20. The summed E-state index contributed by atoms with van der Waals surface area (Å²) < 4.78 is 1.02. The summed E-state index contributed by atoms with van der Waals surface area (Å²) in [5.41, 5.74) is 3.13. The molecule has 0 bridgehead atoms. The van der Waals surface area contributed by atoms with E-state index in [0.29, 0.717) is 11.7 Å². The van der Waals surface area contributed by atoms with E-state index in [2.05, 4.69) is 45.4 Å². The van der Waals surface area contributed by atoms with Gasteiger partial charge in [-0.3, -0.25) is 9.78 Å². The lowest BCUT2D eigenvalue weighted by atomic mass is 10.2. The van der Waals surface area contributed by atoms with Crippen LogP contribution in [0.15, 0.2) is 41.0 Å². The van der Waals surface area contributed by atoms with Crippen LogP contribution in [0, 0.1) is 6.92 Å². The molecule has 5 heteroatoms. The number of anilines is 2. The highest BCUT2D eigenvalue weighted by Gasteiger charge is 2.10. The quantitative estimate of drug-likeness (QED) is 0.816. The molecule has 1 amide bonds. The van der Waals surface area contributed by atoms with Gasteiger partial charge in [0.2, 0.25) is 0 Å². The van der Waals surface area contributed by atoms with Gasteiger partial charge >= 0.3 is 0 Å². The summed E-state index contributed by atoms with van der Waals surface area (Å²) in [6.07, 6.45) is 2.66. The van der Waals surface area contributed by atoms with E-state index in [0.717, 1.165) is 27.8 Å². The minimum atomic E-state index is -0.213. The van der Waals surface area contributed by atoms with Crippen LogP contribution < -0.4 is 10.6 Å². The second-order valence-corrected chi connectivity index (χ2v) is 6.16. The minimum Gasteiger partial charge on any atom is -0.382 e. The van der Waals surface area contributed by atoms with Gasteiger partial charge < -0.3 is 10.6 Å². The fourth-order valence-electron chi connectivity index (χ4n) is 1.95. The van der Waals surface area contributed by atoms with E-state index in [1.54, 1.807) is 12.3 Å². The number of aryl methyl sites for hydroxylation is 1. The number of pyridine rings is 1. The molecule has 0 radical (unpaired) electrons. The molecule has 2 aromatic rings. The molecule has 2 N–H and O–H groups in total. The summed E-state index contributed by atoms with van der Waals surface area (Å²) in [7, 11) is 0. The first-order valence-corrected chi connectivity index (χ1v) is 8.09. The topological polar surface area (TPSA) is 54.0 Å². The number of nitrogens with zero attached hydrogens (tertiary/aromatic N) is 1. The third kappa shape index (κ3) is 4.31. The summed E-state index contributed by atoms with van der Waals surface area (Å²) in [5, 5.41) is 6.21. The van der Waals surface area contributed by atoms with Gasteiger partial charge in [-0.25, -0.2) is 0 Å². The van der Waals surface area contributed by atoms with Crippen LogP contribution in [0.5, 0.6) is 0 Å². The first-order chi connectivity index (χ1) is 10.5. The molecule has 0 aliphatic carbocycles. The molecular weight excluding hydrogens is 342 g/mol. The number of carbonyl (C=O) groups excluding carboxylic acids is 1. The van der Waals surface area contributed by atoms with Gasteiger partial charge in [0.1, 0.15) is 5.69 Å². The average Bonchev–Trinajstić information content (AvgIpc) is 2.51. The van der Waals surface area contributed by atoms with Crippen molar-refractivity contribution < 1.29 is 4.79 Å². The fourth-order valence-corrected chi connectivity index (χ4v) is 2.20. The normalized spacial score (nSPS) is 11.8. The SMILES string of the molecule is CCC(C)Nc1ccnc(C(=O)Nc2ccc(Br)c(C)c2)c1. The Kier molecular flexibility index (Phi) is 5.55. The molecule has 1 heterocycles. The maximum absolute atomic E-state index is 12.3. The number of rotatable bonds is 5. The minimum absolute atomic E-state index is 0.213. The Balaban J connectivity index is 2.12. The number of benzene rings is 1. The smallest absolute Gasteiger partial charge is 0.274 e. The van der Waals surface area contributed by atoms with Gasteiger partial charge in [0, 0.05) is 28.1 Å². The lowest BCUT2D eigenvalue weighted by molar-refractivity contribution is 0.102. The molecular formula is C17H20BrN3O. The van der Waals surface area contributed by atoms with Crippen LogP contribution in [0.4, 0.5) is 11.4 Å². The first kappa shape index (κ1) is 16.5. The number of hydrogen-bond acceptors (Lipinski definition) is 3. The molecule has 2 rings (SSSR count). The van der Waals surface area contributed by atoms with Crippen molar-refractivity contribution >= 4 is 33.2 Å². The molecule has 0 saturated carbocycles. The molecule has 0 aliphatic rings. The second kappa shape index (κ2) is 7.40. The Bertz CT molecular complexity index is 673. The average molecular weight is 362 g/mol. The van der Waals surface area contributed by atoms with Gasteiger partial charge in [0.05, 0.1) is 0 Å². The van der Waals surface area contributed by atoms with Crippen LogP contribution in [0.2, 0.25) is 0 Å². The zero-order chi connectivity index (χ0) is 16.1. The van der Waals surface area contributed by atoms with Gasteiger partial charge in [0.15, 0.2) is 0 Å². The highest BCUT2D eigenvalue weighted by atomic mass is 79.9. The molecule has 1 aromatic carbocycles. The Morgan fingerprint density at radius 3 is 2.73 bits per heavy atom. The van der Waals surface area contributed by atoms with E-state index in [9.17, 15) is 4.79 Å². The highest BCUT2D eigenvalue weighted by molar-refractivity contribution is 9.10. The number of carbonyl (C=O) groups is 1. The number of amides is 1. The standard InChI is InChI=1S/C17H20BrN3O/c1-4-12(3)20-14-7-8-19-16(10-14)17(22)21-13-5-6-15(18)11(2)9-13/h5-10,12H,4H2,1-3H3,(H,19,20)(H,21,22). The van der Waals surface area contributed by atoms with Crippen molar-refractivity contribution in [2.75, 3.05) is 10.6 Å². The Hall–Kier alpha value is -1.88. The molecule has 1 aromatic heterocycles. The van der Waals surface area contributed by atoms with Gasteiger partial charge in [-0.05, 0) is 56.2 Å². The molecule has 1 atom stereocenters. The summed E-state index contributed by atoms with van der Waals surface area (Å²) in [5.74, 6) is -0.213. The fraction of sp³-hybridized carbons (Fsp3) is 0.294. The van der Waals surface area contributed by atoms with Gasteiger partial charge in [-0.1, -0.05) is 22.9 Å². The predicted molar refractivity (Wildman–Crippen MR) is 94.4 cm³/mol. The van der Waals surface area contributed by atoms with Crippen LogP contribution in [-0.4, -0.2) is 16.9 Å². The lowest BCUT2D eigenvalue weighted by Crippen LogP contribution is -2.16. The van der Waals surface area contributed by atoms with Gasteiger partial charge in [-0.15, -0.1) is 0 Å². The van der Waals surface area contributed by atoms with E-state index in [4.69, 9.17) is 0 Å². The van der Waals surface area contributed by atoms with E-state index in [1.165, 1.54) is 0 Å². The summed E-state index contributed by atoms with van der Waals surface area (Å²) in [6, 6.07) is 9.69. The summed E-state index contributed by atoms with van der Waals surface area (Å²) in [6.45, 7) is 6.20. The molecule has 1 unspecified atom stereocenters.